The van der Waals surface area contributed by atoms with Crippen LogP contribution in [0.4, 0.5) is 4.39 Å². The van der Waals surface area contributed by atoms with Crippen LogP contribution in [-0.2, 0) is 42.9 Å². The summed E-state index contributed by atoms with van der Waals surface area (Å²) in [5.41, 5.74) is 0. The van der Waals surface area contributed by atoms with Gasteiger partial charge in [-0.25, -0.2) is 4.39 Å². The highest BCUT2D eigenvalue weighted by Gasteiger charge is 2.51. The molecule has 23 heavy (non-hydrogen) atoms. The highest BCUT2D eigenvalue weighted by atomic mass is 19.1. The van der Waals surface area contributed by atoms with Gasteiger partial charge in [-0.05, 0) is 0 Å². The van der Waals surface area contributed by atoms with Gasteiger partial charge < -0.3 is 23.7 Å². The summed E-state index contributed by atoms with van der Waals surface area (Å²) in [6.45, 7) is 2.76. The molecule has 130 valence electrons. The van der Waals surface area contributed by atoms with Crippen LogP contribution in [0, 0.1) is 0 Å². The second-order valence-corrected chi connectivity index (χ2v) is 4.67. The Balaban J connectivity index is 3.04. The van der Waals surface area contributed by atoms with Crippen molar-refractivity contribution >= 4 is 24.4 Å². The second-order valence-electron chi connectivity index (χ2n) is 4.67. The maximum atomic E-state index is 14.3. The predicted octanol–water partition coefficient (Wildman–Crippen LogP) is -0.351. The zero-order valence-corrected chi connectivity index (χ0v) is 12.7. The fourth-order valence-corrected chi connectivity index (χ4v) is 2.03. The molecule has 0 saturated carbocycles. The van der Waals surface area contributed by atoms with Crippen molar-refractivity contribution in [3.05, 3.63) is 0 Å². The van der Waals surface area contributed by atoms with Crippen molar-refractivity contribution in [2.75, 3.05) is 6.61 Å². The highest BCUT2D eigenvalue weighted by molar-refractivity contribution is 5.67. The molecule has 0 aliphatic carbocycles. The summed E-state index contributed by atoms with van der Waals surface area (Å²) in [7, 11) is 0. The van der Waals surface area contributed by atoms with Crippen LogP contribution in [-0.4, -0.2) is 61.8 Å². The quantitative estimate of drug-likeness (QED) is 0.364. The van der Waals surface area contributed by atoms with Gasteiger partial charge in [-0.3, -0.25) is 19.2 Å². The molecule has 0 amide bonds. The zero-order valence-electron chi connectivity index (χ0n) is 12.7. The van der Waals surface area contributed by atoms with E-state index in [0.717, 1.165) is 20.8 Å². The molecule has 1 rings (SSSR count). The molecule has 10 heteroatoms. The van der Waals surface area contributed by atoms with Gasteiger partial charge in [0.1, 0.15) is 12.7 Å². The lowest BCUT2D eigenvalue weighted by Gasteiger charge is -2.41. The Kier molecular flexibility index (Phi) is 6.89. The molecule has 0 unspecified atom stereocenters. The maximum Gasteiger partial charge on any atom is 0.303 e. The molecule has 9 nitrogen and oxygen atoms in total. The van der Waals surface area contributed by atoms with Crippen molar-refractivity contribution in [3.8, 4) is 0 Å². The summed E-state index contributed by atoms with van der Waals surface area (Å²) in [5, 5.41) is 0. The normalized spacial score (nSPS) is 30.0. The van der Waals surface area contributed by atoms with Crippen LogP contribution in [0.3, 0.4) is 0 Å². The molecule has 1 fully saturated rings. The monoisotopic (exact) mass is 336 g/mol. The average Bonchev–Trinajstić information content (AvgIpc) is 2.43. The number of hydrogen-bond donors (Lipinski definition) is 0. The Bertz CT molecular complexity index is 466. The molecule has 1 heterocycles. The largest absolute Gasteiger partial charge is 0.463 e. The Morgan fingerprint density at radius 1 is 1.04 bits per heavy atom. The van der Waals surface area contributed by atoms with Crippen LogP contribution in [0.15, 0.2) is 0 Å². The number of halogens is 1. The lowest BCUT2D eigenvalue weighted by atomic mass is 9.99. The van der Waals surface area contributed by atoms with E-state index in [9.17, 15) is 23.6 Å². The summed E-state index contributed by atoms with van der Waals surface area (Å²) in [4.78, 5) is 43.7. The van der Waals surface area contributed by atoms with Crippen molar-refractivity contribution in [3.63, 3.8) is 0 Å². The number of rotatable bonds is 6. The molecule has 1 saturated heterocycles. The summed E-state index contributed by atoms with van der Waals surface area (Å²) >= 11 is 0. The minimum atomic E-state index is -2.10. The fraction of sp³-hybridized carbons (Fsp3) is 0.692. The lowest BCUT2D eigenvalue weighted by Crippen LogP contribution is -2.60. The first-order valence-corrected chi connectivity index (χ1v) is 6.62. The Hall–Kier alpha value is -2.23. The summed E-state index contributed by atoms with van der Waals surface area (Å²) < 4.78 is 38.4. The van der Waals surface area contributed by atoms with Gasteiger partial charge in [-0.2, -0.15) is 0 Å². The summed E-state index contributed by atoms with van der Waals surface area (Å²) in [6.07, 6.45) is -7.96. The maximum absolute atomic E-state index is 14.3. The standard InChI is InChI=1S/C13H17FO9/c1-6(16)19-4-9-11(21-7(2)17)12(22-8(3)18)10(14)13(23-9)20-5-15/h5,9-13H,4H2,1-3H3/t9-,10-,11+,12-,13-/m1/s1. The van der Waals surface area contributed by atoms with E-state index in [1.54, 1.807) is 0 Å². The lowest BCUT2D eigenvalue weighted by molar-refractivity contribution is -0.281. The van der Waals surface area contributed by atoms with Gasteiger partial charge in [0.2, 0.25) is 12.5 Å². The van der Waals surface area contributed by atoms with E-state index in [1.807, 2.05) is 0 Å². The van der Waals surface area contributed by atoms with E-state index in [1.165, 1.54) is 0 Å². The second kappa shape index (κ2) is 8.42. The van der Waals surface area contributed by atoms with Crippen LogP contribution in [0.1, 0.15) is 20.8 Å². The van der Waals surface area contributed by atoms with E-state index in [2.05, 4.69) is 4.74 Å². The zero-order chi connectivity index (χ0) is 17.6. The number of carbonyl (C=O) groups excluding carboxylic acids is 4. The first-order valence-electron chi connectivity index (χ1n) is 6.62. The molecular formula is C13H17FO9. The predicted molar refractivity (Wildman–Crippen MR) is 68.4 cm³/mol. The number of esters is 3. The van der Waals surface area contributed by atoms with Gasteiger partial charge in [0.25, 0.3) is 6.47 Å². The van der Waals surface area contributed by atoms with Gasteiger partial charge in [0, 0.05) is 20.8 Å². The van der Waals surface area contributed by atoms with Crippen LogP contribution in [0.5, 0.6) is 0 Å². The topological polar surface area (TPSA) is 114 Å². The Morgan fingerprint density at radius 3 is 2.09 bits per heavy atom. The number of hydrogen-bond acceptors (Lipinski definition) is 9. The van der Waals surface area contributed by atoms with Gasteiger partial charge in [0.05, 0.1) is 0 Å². The van der Waals surface area contributed by atoms with Gasteiger partial charge in [0.15, 0.2) is 12.2 Å². The minimum absolute atomic E-state index is 0.0445. The number of carbonyl (C=O) groups is 4. The fourth-order valence-electron chi connectivity index (χ4n) is 2.03. The van der Waals surface area contributed by atoms with Gasteiger partial charge in [-0.15, -0.1) is 0 Å². The first-order chi connectivity index (χ1) is 10.8. The van der Waals surface area contributed by atoms with Crippen molar-refractivity contribution in [2.24, 2.45) is 0 Å². The van der Waals surface area contributed by atoms with E-state index in [4.69, 9.17) is 18.9 Å². The highest BCUT2D eigenvalue weighted by Crippen LogP contribution is 2.29. The van der Waals surface area contributed by atoms with Gasteiger partial charge >= 0.3 is 17.9 Å². The van der Waals surface area contributed by atoms with E-state index in [0.29, 0.717) is 0 Å². The molecule has 1 aliphatic heterocycles. The molecule has 0 aromatic carbocycles. The average molecular weight is 336 g/mol. The van der Waals surface area contributed by atoms with E-state index in [-0.39, 0.29) is 6.47 Å². The van der Waals surface area contributed by atoms with E-state index < -0.39 is 55.3 Å². The molecule has 0 radical (unpaired) electrons. The minimum Gasteiger partial charge on any atom is -0.463 e. The van der Waals surface area contributed by atoms with Crippen LogP contribution >= 0.6 is 0 Å². The van der Waals surface area contributed by atoms with Crippen molar-refractivity contribution in [1.29, 1.82) is 0 Å². The van der Waals surface area contributed by atoms with E-state index >= 15 is 0 Å². The third kappa shape index (κ3) is 5.47. The molecule has 0 aromatic rings. The van der Waals surface area contributed by atoms with Crippen molar-refractivity contribution in [2.45, 2.75) is 51.5 Å². The Morgan fingerprint density at radius 2 is 1.61 bits per heavy atom. The molecule has 5 atom stereocenters. The third-order valence-corrected chi connectivity index (χ3v) is 2.82. The Labute approximate surface area is 130 Å². The molecule has 0 spiro atoms. The van der Waals surface area contributed by atoms with Gasteiger partial charge in [-0.1, -0.05) is 0 Å². The SMILES string of the molecule is CC(=O)OC[C@H]1O[C@@H](OC=O)[C@H](F)[C@@H](OC(C)=O)[C@H]1OC(C)=O. The number of ether oxygens (including phenoxy) is 5. The summed E-state index contributed by atoms with van der Waals surface area (Å²) in [5.74, 6) is -2.28. The molecule has 0 aromatic heterocycles. The molecule has 0 bridgehead atoms. The van der Waals surface area contributed by atoms with Crippen molar-refractivity contribution < 1.29 is 47.3 Å². The molecule has 0 N–H and O–H groups in total. The van der Waals surface area contributed by atoms with Crippen molar-refractivity contribution in [1.82, 2.24) is 0 Å². The van der Waals surface area contributed by atoms with Crippen LogP contribution in [0.2, 0.25) is 0 Å². The first kappa shape index (κ1) is 18.8. The summed E-state index contributed by atoms with van der Waals surface area (Å²) in [6, 6.07) is 0. The number of alkyl halides is 1. The molecule has 1 aliphatic rings. The van der Waals surface area contributed by atoms with Crippen LogP contribution < -0.4 is 0 Å². The van der Waals surface area contributed by atoms with Crippen LogP contribution in [0.25, 0.3) is 0 Å². The smallest absolute Gasteiger partial charge is 0.303 e. The molecular weight excluding hydrogens is 319 g/mol. The third-order valence-electron chi connectivity index (χ3n) is 2.82.